The molecule has 6 N–H and O–H groups in total. The van der Waals surface area contributed by atoms with Crippen molar-refractivity contribution in [1.82, 2.24) is 10.6 Å². The number of carboxylic acids is 4. The molecular weight excluding hydrogens is 696 g/mol. The normalized spacial score (nSPS) is 15.8. The number of nitrogens with one attached hydrogen (secondary N) is 2. The number of hydrogen-bond donors (Lipinski definition) is 6. The largest absolute Gasteiger partial charge is 2.00 e. The van der Waals surface area contributed by atoms with Crippen LogP contribution in [0.15, 0.2) is 24.3 Å². The van der Waals surface area contributed by atoms with E-state index in [-0.39, 0.29) is 102 Å². The van der Waals surface area contributed by atoms with E-state index < -0.39 is 57.0 Å². The van der Waals surface area contributed by atoms with E-state index in [1.807, 2.05) is 38.2 Å². The molecule has 16 nitrogen and oxygen atoms in total. The summed E-state index contributed by atoms with van der Waals surface area (Å²) in [5, 5.41) is 65.4. The fourth-order valence-electron chi connectivity index (χ4n) is 5.75. The van der Waals surface area contributed by atoms with E-state index in [2.05, 4.69) is 10.6 Å². The van der Waals surface area contributed by atoms with Crippen LogP contribution in [0.1, 0.15) is 80.1 Å². The molecule has 0 fully saturated rings. The number of quaternary nitrogens is 2. The summed E-state index contributed by atoms with van der Waals surface area (Å²) in [4.78, 5) is 69.2. The number of amides is 2. The van der Waals surface area contributed by atoms with Crippen LogP contribution in [0.4, 0.5) is 0 Å². The maximum Gasteiger partial charge on any atom is 2.00 e. The van der Waals surface area contributed by atoms with Gasteiger partial charge in [0.2, 0.25) is 11.8 Å². The minimum Gasteiger partial charge on any atom is -0.544 e. The number of nitrogens with zero attached hydrogens (tertiary/aromatic N) is 2. The molecule has 0 saturated carbocycles. The molecule has 0 aliphatic heterocycles. The number of allylic oxidation sites excluding steroid dienone is 4. The first-order valence-corrected chi connectivity index (χ1v) is 17.0. The molecule has 0 aliphatic rings. The molecule has 0 aromatic rings. The topological polar surface area (TPSA) is 254 Å². The smallest absolute Gasteiger partial charge is 0.544 e. The Morgan fingerprint density at radius 2 is 0.922 bits per heavy atom. The summed E-state index contributed by atoms with van der Waals surface area (Å²) in [7, 11) is 0. The molecule has 6 atom stereocenters. The second-order valence-electron chi connectivity index (χ2n) is 12.2. The van der Waals surface area contributed by atoms with Crippen molar-refractivity contribution >= 4 is 73.4 Å². The zero-order chi connectivity index (χ0) is 38.9. The predicted molar refractivity (Wildman–Crippen MR) is 186 cm³/mol. The average molecular weight is 757 g/mol. The molecule has 0 spiro atoms. The maximum absolute atomic E-state index is 11.8. The number of unbranched alkanes of at least 4 members (excludes halogenated alkanes) is 2. The van der Waals surface area contributed by atoms with Crippen molar-refractivity contribution in [3.8, 4) is 0 Å². The van der Waals surface area contributed by atoms with Crippen molar-refractivity contribution in [2.24, 2.45) is 0 Å². The number of carboxylic acid groups (broad SMARTS) is 4. The minimum absolute atomic E-state index is 0. The molecule has 0 saturated heterocycles. The van der Waals surface area contributed by atoms with Gasteiger partial charge in [-0.2, -0.15) is 0 Å². The van der Waals surface area contributed by atoms with Gasteiger partial charge in [0.25, 0.3) is 0 Å². The van der Waals surface area contributed by atoms with Crippen molar-refractivity contribution < 1.29 is 68.4 Å². The Labute approximate surface area is 331 Å². The summed E-state index contributed by atoms with van der Waals surface area (Å²) in [6, 6.07) is -4.40. The molecule has 288 valence electrons. The Bertz CT molecular complexity index is 1010. The SMILES string of the molecule is C/C=C/CCCC(=O)NCC[N+](CCO)(C(C)C(=O)[O-])C(C)C(=O)O.C/C=C/CCCC(=O)NCC[N+](CCO)(C(C)C(=O)[O-])C(C)C(=O)O.[Ca+2]. The van der Waals surface area contributed by atoms with Crippen LogP contribution in [0.5, 0.6) is 0 Å². The Hall–Kier alpha value is -2.60. The van der Waals surface area contributed by atoms with E-state index in [1.54, 1.807) is 0 Å². The second-order valence-corrected chi connectivity index (χ2v) is 12.2. The van der Waals surface area contributed by atoms with Crippen molar-refractivity contribution in [2.75, 3.05) is 52.5 Å². The number of carbonyl (C=O) groups excluding carboxylic acids is 4. The molecule has 6 unspecified atom stereocenters. The summed E-state index contributed by atoms with van der Waals surface area (Å²) < 4.78 is -0.792. The fraction of sp³-hybridized carbons (Fsp3) is 0.706. The van der Waals surface area contributed by atoms with E-state index in [0.717, 1.165) is 12.8 Å². The van der Waals surface area contributed by atoms with Gasteiger partial charge < -0.3 is 59.8 Å². The molecular formula is C34H60CaN4O12+2. The monoisotopic (exact) mass is 756 g/mol. The van der Waals surface area contributed by atoms with Crippen molar-refractivity contribution in [2.45, 2.75) is 104 Å². The van der Waals surface area contributed by atoms with Crippen LogP contribution in [-0.2, 0) is 28.8 Å². The Kier molecular flexibility index (Phi) is 29.9. The number of aliphatic hydroxyl groups is 2. The first-order valence-electron chi connectivity index (χ1n) is 17.0. The van der Waals surface area contributed by atoms with Gasteiger partial charge in [0.1, 0.15) is 25.2 Å². The van der Waals surface area contributed by atoms with Crippen LogP contribution < -0.4 is 20.8 Å². The first kappa shape index (κ1) is 52.8. The summed E-state index contributed by atoms with van der Waals surface area (Å²) in [6.45, 7) is 8.88. The van der Waals surface area contributed by atoms with E-state index in [0.29, 0.717) is 25.7 Å². The van der Waals surface area contributed by atoms with Gasteiger partial charge in [-0.1, -0.05) is 24.3 Å². The van der Waals surface area contributed by atoms with Gasteiger partial charge in [-0.15, -0.1) is 0 Å². The summed E-state index contributed by atoms with van der Waals surface area (Å²) in [5.41, 5.74) is 0. The van der Waals surface area contributed by atoms with Crippen LogP contribution in [0.2, 0.25) is 0 Å². The third-order valence-electron chi connectivity index (χ3n) is 9.24. The summed E-state index contributed by atoms with van der Waals surface area (Å²) in [5.74, 6) is -5.46. The van der Waals surface area contributed by atoms with Crippen LogP contribution in [0.3, 0.4) is 0 Å². The zero-order valence-corrected chi connectivity index (χ0v) is 33.4. The molecule has 0 aromatic carbocycles. The third kappa shape index (κ3) is 19.2. The molecule has 51 heavy (non-hydrogen) atoms. The van der Waals surface area contributed by atoms with Crippen LogP contribution in [0.25, 0.3) is 0 Å². The van der Waals surface area contributed by atoms with Crippen LogP contribution in [0, 0.1) is 0 Å². The molecule has 0 bridgehead atoms. The van der Waals surface area contributed by atoms with Gasteiger partial charge in [0.15, 0.2) is 12.1 Å². The van der Waals surface area contributed by atoms with E-state index in [9.17, 15) is 59.4 Å². The van der Waals surface area contributed by atoms with E-state index in [1.165, 1.54) is 27.7 Å². The fourth-order valence-corrected chi connectivity index (χ4v) is 5.75. The third-order valence-corrected chi connectivity index (χ3v) is 9.24. The van der Waals surface area contributed by atoms with E-state index in [4.69, 9.17) is 0 Å². The number of rotatable bonds is 26. The standard InChI is InChI=1S/2C17H30N2O6.Ca/c2*1-4-5-6-7-8-15(21)18-9-10-19(11-12-20,13(2)16(22)23)14(3)17(24)25;/h2*4-5,13-14,20H,6-12H2,1-3H3,(H2-,18,21,22,23,24,25);/q;;+2/b2*5-4+;. The van der Waals surface area contributed by atoms with Gasteiger partial charge in [-0.25, -0.2) is 9.59 Å². The Morgan fingerprint density at radius 3 is 1.16 bits per heavy atom. The van der Waals surface area contributed by atoms with Gasteiger partial charge in [0.05, 0.1) is 51.3 Å². The number of hydrogen-bond acceptors (Lipinski definition) is 10. The minimum atomic E-state index is -1.39. The van der Waals surface area contributed by atoms with E-state index >= 15 is 0 Å². The molecule has 0 rings (SSSR count). The molecule has 0 aromatic heterocycles. The zero-order valence-electron chi connectivity index (χ0n) is 31.2. The summed E-state index contributed by atoms with van der Waals surface area (Å²) >= 11 is 0. The molecule has 0 radical (unpaired) electrons. The van der Waals surface area contributed by atoms with Crippen molar-refractivity contribution in [3.05, 3.63) is 24.3 Å². The molecule has 0 aliphatic carbocycles. The second kappa shape index (κ2) is 28.9. The average Bonchev–Trinajstić information content (AvgIpc) is 3.06. The number of aliphatic carboxylic acids is 4. The Morgan fingerprint density at radius 1 is 0.608 bits per heavy atom. The van der Waals surface area contributed by atoms with Gasteiger partial charge in [0, 0.05) is 12.8 Å². The quantitative estimate of drug-likeness (QED) is 0.0247. The summed E-state index contributed by atoms with van der Waals surface area (Å²) in [6.07, 6.45) is 11.4. The van der Waals surface area contributed by atoms with Gasteiger partial charge in [-0.05, 0) is 67.2 Å². The molecule has 2 amide bonds. The van der Waals surface area contributed by atoms with Gasteiger partial charge >= 0.3 is 49.7 Å². The van der Waals surface area contributed by atoms with Crippen molar-refractivity contribution in [3.63, 3.8) is 0 Å². The number of carbonyl (C=O) groups is 6. The van der Waals surface area contributed by atoms with Crippen LogP contribution in [-0.4, -0.2) is 179 Å². The molecule has 0 heterocycles. The number of aliphatic hydroxyl groups excluding tert-OH is 2. The predicted octanol–water partition coefficient (Wildman–Crippen LogP) is -1.84. The van der Waals surface area contributed by atoms with Gasteiger partial charge in [-0.3, -0.25) is 9.59 Å². The van der Waals surface area contributed by atoms with Crippen LogP contribution >= 0.6 is 0 Å². The van der Waals surface area contributed by atoms with Crippen molar-refractivity contribution in [1.29, 1.82) is 0 Å². The first-order chi connectivity index (χ1) is 23.4. The maximum atomic E-state index is 11.8. The molecule has 17 heteroatoms. The Balaban J connectivity index is -0.000000886.